The van der Waals surface area contributed by atoms with Gasteiger partial charge in [-0.1, -0.05) is 0 Å². The summed E-state index contributed by atoms with van der Waals surface area (Å²) < 4.78 is 11.7. The predicted octanol–water partition coefficient (Wildman–Crippen LogP) is 1.15. The Morgan fingerprint density at radius 1 is 1.10 bits per heavy atom. The van der Waals surface area contributed by atoms with E-state index in [0.717, 1.165) is 0 Å². The zero-order chi connectivity index (χ0) is 21.4. The minimum atomic E-state index is -0.599. The smallest absolute Gasteiger partial charge is 0.265 e. The Kier molecular flexibility index (Phi) is 4.78. The average molecular weight is 409 g/mol. The highest BCUT2D eigenvalue weighted by Crippen LogP contribution is 2.24. The monoisotopic (exact) mass is 409 g/mol. The normalized spacial score (nSPS) is 17.4. The molecule has 1 aromatic heterocycles. The molecule has 0 saturated heterocycles. The summed E-state index contributed by atoms with van der Waals surface area (Å²) >= 11 is 0. The Morgan fingerprint density at radius 3 is 2.47 bits per heavy atom. The number of carbonyl (C=O) groups is 2. The maximum absolute atomic E-state index is 12.9. The molecule has 1 atom stereocenters. The number of nitrogens with one attached hydrogen (secondary N) is 1. The first-order valence-electron chi connectivity index (χ1n) is 9.00. The summed E-state index contributed by atoms with van der Waals surface area (Å²) in [5.41, 5.74) is 0.940. The topological polar surface area (TPSA) is 123 Å². The summed E-state index contributed by atoms with van der Waals surface area (Å²) in [6, 6.07) is 6.50. The summed E-state index contributed by atoms with van der Waals surface area (Å²) in [5, 5.41) is 12.7. The van der Waals surface area contributed by atoms with E-state index in [2.05, 4.69) is 25.5 Å². The van der Waals surface area contributed by atoms with E-state index in [4.69, 9.17) is 9.47 Å². The highest BCUT2D eigenvalue weighted by Gasteiger charge is 2.35. The van der Waals surface area contributed by atoms with E-state index >= 15 is 0 Å². The van der Waals surface area contributed by atoms with Gasteiger partial charge in [-0.05, 0) is 19.1 Å². The quantitative estimate of drug-likeness (QED) is 0.808. The number of hydrogen-bond acceptors (Lipinski definition) is 8. The number of fused-ring (bicyclic) bond motifs is 1. The Balaban J connectivity index is 1.66. The SMILES string of the molecule is COc1cc(OC)cc(C(=O)Nc2cc(C)nn2C2=NC(=O)C3C=NN(C)C3=N2)c1. The molecule has 0 fully saturated rings. The largest absolute Gasteiger partial charge is 0.497 e. The fraction of sp³-hybridized carbons (Fsp3) is 0.263. The molecule has 0 radical (unpaired) electrons. The number of anilines is 1. The predicted molar refractivity (Wildman–Crippen MR) is 109 cm³/mol. The van der Waals surface area contributed by atoms with Gasteiger partial charge in [0, 0.05) is 31.0 Å². The molecule has 2 aromatic rings. The number of methoxy groups -OCH3 is 2. The molecular formula is C19H19N7O4. The van der Waals surface area contributed by atoms with Gasteiger partial charge in [0.05, 0.1) is 19.9 Å². The second kappa shape index (κ2) is 7.43. The number of amidine groups is 1. The summed E-state index contributed by atoms with van der Waals surface area (Å²) in [4.78, 5) is 33.7. The number of aryl methyl sites for hydroxylation is 1. The number of benzene rings is 1. The van der Waals surface area contributed by atoms with Gasteiger partial charge in [0.15, 0.2) is 0 Å². The molecule has 30 heavy (non-hydrogen) atoms. The molecule has 3 heterocycles. The van der Waals surface area contributed by atoms with Crippen molar-refractivity contribution in [3.05, 3.63) is 35.5 Å². The molecule has 1 N–H and O–H groups in total. The number of rotatable bonds is 4. The number of hydrazone groups is 1. The van der Waals surface area contributed by atoms with E-state index in [9.17, 15) is 9.59 Å². The molecule has 0 bridgehead atoms. The lowest BCUT2D eigenvalue weighted by molar-refractivity contribution is -0.118. The van der Waals surface area contributed by atoms with E-state index in [-0.39, 0.29) is 5.96 Å². The van der Waals surface area contributed by atoms with Crippen LogP contribution in [-0.4, -0.2) is 65.9 Å². The highest BCUT2D eigenvalue weighted by molar-refractivity contribution is 6.24. The Bertz CT molecular complexity index is 1110. The molecule has 4 rings (SSSR count). The molecule has 2 amide bonds. The van der Waals surface area contributed by atoms with Crippen molar-refractivity contribution in [2.45, 2.75) is 6.92 Å². The van der Waals surface area contributed by atoms with E-state index in [0.29, 0.717) is 34.4 Å². The van der Waals surface area contributed by atoms with Gasteiger partial charge in [0.1, 0.15) is 29.1 Å². The van der Waals surface area contributed by atoms with Crippen molar-refractivity contribution in [2.75, 3.05) is 26.6 Å². The van der Waals surface area contributed by atoms with Crippen LogP contribution in [0.2, 0.25) is 0 Å². The van der Waals surface area contributed by atoms with E-state index in [1.165, 1.54) is 30.1 Å². The van der Waals surface area contributed by atoms with Crippen LogP contribution in [0.15, 0.2) is 39.4 Å². The van der Waals surface area contributed by atoms with Gasteiger partial charge in [-0.25, -0.2) is 0 Å². The number of aliphatic imine (C=N–C) groups is 2. The number of ether oxygens (including phenoxy) is 2. The van der Waals surface area contributed by atoms with Gasteiger partial charge in [-0.3, -0.25) is 14.6 Å². The van der Waals surface area contributed by atoms with Gasteiger partial charge >= 0.3 is 0 Å². The number of nitrogens with zero attached hydrogens (tertiary/aromatic N) is 6. The van der Waals surface area contributed by atoms with Gasteiger partial charge < -0.3 is 14.8 Å². The lowest BCUT2D eigenvalue weighted by Crippen LogP contribution is -2.35. The molecule has 2 aliphatic heterocycles. The standard InChI is InChI=1S/C19H19N7O4/c1-10-5-15(21-17(27)11-6-12(29-3)8-13(7-11)30-4)26(24-10)19-22-16-14(18(28)23-19)9-20-25(16)2/h5-9,14H,1-4H3,(H,21,27). The maximum atomic E-state index is 12.9. The lowest BCUT2D eigenvalue weighted by Gasteiger charge is -2.17. The zero-order valence-electron chi connectivity index (χ0n) is 16.8. The summed E-state index contributed by atoms with van der Waals surface area (Å²) in [7, 11) is 4.70. The van der Waals surface area contributed by atoms with Crippen molar-refractivity contribution in [3.8, 4) is 11.5 Å². The molecule has 1 aromatic carbocycles. The second-order valence-corrected chi connectivity index (χ2v) is 6.62. The Morgan fingerprint density at radius 2 is 1.80 bits per heavy atom. The number of carbonyl (C=O) groups excluding carboxylic acids is 2. The summed E-state index contributed by atoms with van der Waals surface area (Å²) in [6.45, 7) is 1.76. The minimum absolute atomic E-state index is 0.0511. The van der Waals surface area contributed by atoms with Crippen molar-refractivity contribution in [2.24, 2.45) is 21.0 Å². The third-order valence-corrected chi connectivity index (χ3v) is 4.57. The average Bonchev–Trinajstić information content (AvgIpc) is 3.30. The Labute approximate surface area is 171 Å². The maximum Gasteiger partial charge on any atom is 0.265 e. The van der Waals surface area contributed by atoms with E-state index in [1.807, 2.05) is 0 Å². The molecule has 154 valence electrons. The molecular weight excluding hydrogens is 390 g/mol. The first-order chi connectivity index (χ1) is 14.4. The molecule has 0 spiro atoms. The molecule has 2 aliphatic rings. The number of aromatic nitrogens is 2. The van der Waals surface area contributed by atoms with Gasteiger partial charge in [-0.2, -0.15) is 24.9 Å². The van der Waals surface area contributed by atoms with Crippen molar-refractivity contribution in [1.29, 1.82) is 0 Å². The van der Waals surface area contributed by atoms with Crippen molar-refractivity contribution >= 4 is 35.6 Å². The first-order valence-corrected chi connectivity index (χ1v) is 9.00. The molecule has 0 saturated carbocycles. The van der Waals surface area contributed by atoms with Crippen molar-refractivity contribution < 1.29 is 19.1 Å². The Hall–Kier alpha value is -4.02. The van der Waals surface area contributed by atoms with Crippen LogP contribution in [0.25, 0.3) is 0 Å². The highest BCUT2D eigenvalue weighted by atomic mass is 16.5. The van der Waals surface area contributed by atoms with Crippen molar-refractivity contribution in [1.82, 2.24) is 14.8 Å². The number of hydrogen-bond donors (Lipinski definition) is 1. The zero-order valence-corrected chi connectivity index (χ0v) is 16.8. The van der Waals surface area contributed by atoms with Crippen LogP contribution in [0.4, 0.5) is 5.82 Å². The third kappa shape index (κ3) is 3.41. The van der Waals surface area contributed by atoms with Gasteiger partial charge in [-0.15, -0.1) is 0 Å². The van der Waals surface area contributed by atoms with Crippen LogP contribution in [-0.2, 0) is 4.79 Å². The summed E-state index contributed by atoms with van der Waals surface area (Å²) in [6.07, 6.45) is 1.49. The van der Waals surface area contributed by atoms with Crippen LogP contribution in [0.1, 0.15) is 16.1 Å². The van der Waals surface area contributed by atoms with Gasteiger partial charge in [0.2, 0.25) is 0 Å². The molecule has 1 unspecified atom stereocenters. The summed E-state index contributed by atoms with van der Waals surface area (Å²) in [5.74, 6) is 0.367. The lowest BCUT2D eigenvalue weighted by atomic mass is 10.1. The van der Waals surface area contributed by atoms with Crippen LogP contribution < -0.4 is 14.8 Å². The van der Waals surface area contributed by atoms with E-state index < -0.39 is 17.7 Å². The van der Waals surface area contributed by atoms with Gasteiger partial charge in [0.25, 0.3) is 17.8 Å². The molecule has 11 nitrogen and oxygen atoms in total. The number of amides is 2. The van der Waals surface area contributed by atoms with Crippen LogP contribution in [0, 0.1) is 12.8 Å². The second-order valence-electron chi connectivity index (χ2n) is 6.62. The fourth-order valence-corrected chi connectivity index (χ4v) is 3.07. The molecule has 0 aliphatic carbocycles. The minimum Gasteiger partial charge on any atom is -0.497 e. The first kappa shape index (κ1) is 19.3. The van der Waals surface area contributed by atoms with Crippen LogP contribution in [0.5, 0.6) is 11.5 Å². The van der Waals surface area contributed by atoms with Crippen LogP contribution >= 0.6 is 0 Å². The fourth-order valence-electron chi connectivity index (χ4n) is 3.07. The molecule has 11 heteroatoms. The van der Waals surface area contributed by atoms with E-state index in [1.54, 1.807) is 38.2 Å². The third-order valence-electron chi connectivity index (χ3n) is 4.57. The van der Waals surface area contributed by atoms with Crippen molar-refractivity contribution in [3.63, 3.8) is 0 Å². The van der Waals surface area contributed by atoms with Crippen LogP contribution in [0.3, 0.4) is 0 Å².